The number of nitrogens with zero attached hydrogens (tertiary/aromatic N) is 2. The van der Waals surface area contributed by atoms with E-state index in [1.165, 1.54) is 0 Å². The summed E-state index contributed by atoms with van der Waals surface area (Å²) < 4.78 is 10.2. The van der Waals surface area contributed by atoms with Gasteiger partial charge in [-0.1, -0.05) is 18.2 Å². The second-order valence-corrected chi connectivity index (χ2v) is 4.69. The molecule has 1 aromatic heterocycles. The third kappa shape index (κ3) is 2.87. The lowest BCUT2D eigenvalue weighted by molar-refractivity contribution is -0.138. The fourth-order valence-corrected chi connectivity index (χ4v) is 2.22. The molecule has 0 aliphatic carbocycles. The molecule has 0 saturated carbocycles. The molecule has 0 atom stereocenters. The van der Waals surface area contributed by atoms with Crippen LogP contribution in [0.4, 0.5) is 0 Å². The van der Waals surface area contributed by atoms with E-state index in [1.54, 1.807) is 11.0 Å². The van der Waals surface area contributed by atoms with Gasteiger partial charge in [0.1, 0.15) is 0 Å². The van der Waals surface area contributed by atoms with Crippen LogP contribution in [0.5, 0.6) is 0 Å². The Bertz CT molecular complexity index is 661. The van der Waals surface area contributed by atoms with Crippen molar-refractivity contribution in [3.63, 3.8) is 0 Å². The Kier molecular flexibility index (Phi) is 3.83. The van der Waals surface area contributed by atoms with Gasteiger partial charge < -0.3 is 14.4 Å². The number of H-pyrrole nitrogens is 1. The molecule has 7 nitrogen and oxygen atoms in total. The average molecular weight is 289 g/mol. The van der Waals surface area contributed by atoms with Crippen LogP contribution in [0.1, 0.15) is 10.5 Å². The number of fused-ring (bicyclic) bond motifs is 1. The van der Waals surface area contributed by atoms with Gasteiger partial charge in [-0.2, -0.15) is 5.10 Å². The molecule has 3 rings (SSSR count). The van der Waals surface area contributed by atoms with Gasteiger partial charge in [0.05, 0.1) is 18.7 Å². The number of aromatic nitrogens is 2. The van der Waals surface area contributed by atoms with E-state index in [2.05, 4.69) is 10.2 Å². The first-order valence-corrected chi connectivity index (χ1v) is 6.71. The van der Waals surface area contributed by atoms with Crippen LogP contribution < -0.4 is 0 Å². The molecule has 7 heteroatoms. The molecule has 1 saturated heterocycles. The molecule has 1 amide bonds. The molecular weight excluding hydrogens is 274 g/mol. The minimum absolute atomic E-state index is 0.195. The van der Waals surface area contributed by atoms with Crippen molar-refractivity contribution < 1.29 is 19.1 Å². The predicted molar refractivity (Wildman–Crippen MR) is 73.8 cm³/mol. The molecule has 0 spiro atoms. The summed E-state index contributed by atoms with van der Waals surface area (Å²) >= 11 is 0. The van der Waals surface area contributed by atoms with Gasteiger partial charge in [0, 0.05) is 18.5 Å². The van der Waals surface area contributed by atoms with E-state index >= 15 is 0 Å². The van der Waals surface area contributed by atoms with Crippen LogP contribution in [-0.2, 0) is 14.3 Å². The van der Waals surface area contributed by atoms with Gasteiger partial charge in [0.2, 0.25) is 0 Å². The first-order valence-electron chi connectivity index (χ1n) is 6.71. The maximum absolute atomic E-state index is 12.0. The molecule has 1 fully saturated rings. The molecule has 1 N–H and O–H groups in total. The number of morpholine rings is 1. The number of amides is 1. The molecular formula is C14H15N3O4. The highest BCUT2D eigenvalue weighted by Gasteiger charge is 2.20. The van der Waals surface area contributed by atoms with Gasteiger partial charge in [-0.3, -0.25) is 9.89 Å². The van der Waals surface area contributed by atoms with Crippen molar-refractivity contribution in [2.45, 2.75) is 0 Å². The fourth-order valence-electron chi connectivity index (χ4n) is 2.22. The zero-order valence-corrected chi connectivity index (χ0v) is 11.4. The van der Waals surface area contributed by atoms with Crippen molar-refractivity contribution in [1.82, 2.24) is 15.1 Å². The van der Waals surface area contributed by atoms with Gasteiger partial charge in [-0.25, -0.2) is 4.79 Å². The summed E-state index contributed by atoms with van der Waals surface area (Å²) in [7, 11) is 0. The quantitative estimate of drug-likeness (QED) is 0.835. The van der Waals surface area contributed by atoms with E-state index in [4.69, 9.17) is 9.47 Å². The van der Waals surface area contributed by atoms with Crippen LogP contribution >= 0.6 is 0 Å². The van der Waals surface area contributed by atoms with Gasteiger partial charge in [-0.05, 0) is 6.07 Å². The summed E-state index contributed by atoms with van der Waals surface area (Å²) in [6.45, 7) is 1.82. The molecule has 110 valence electrons. The molecule has 2 heterocycles. The summed E-state index contributed by atoms with van der Waals surface area (Å²) in [4.78, 5) is 25.5. The van der Waals surface area contributed by atoms with Crippen molar-refractivity contribution in [3.05, 3.63) is 30.0 Å². The first-order chi connectivity index (χ1) is 10.3. The van der Waals surface area contributed by atoms with Gasteiger partial charge in [0.15, 0.2) is 12.3 Å². The number of hydrogen-bond donors (Lipinski definition) is 1. The van der Waals surface area contributed by atoms with Crippen molar-refractivity contribution >= 4 is 22.8 Å². The third-order valence-corrected chi connectivity index (χ3v) is 3.35. The molecule has 0 radical (unpaired) electrons. The monoisotopic (exact) mass is 289 g/mol. The minimum Gasteiger partial charge on any atom is -0.451 e. The van der Waals surface area contributed by atoms with E-state index in [0.717, 1.165) is 5.52 Å². The van der Waals surface area contributed by atoms with Gasteiger partial charge in [0.25, 0.3) is 5.91 Å². The molecule has 0 bridgehead atoms. The van der Waals surface area contributed by atoms with Crippen LogP contribution in [-0.4, -0.2) is 59.9 Å². The number of para-hydroxylation sites is 1. The molecule has 0 unspecified atom stereocenters. The summed E-state index contributed by atoms with van der Waals surface area (Å²) in [6, 6.07) is 7.25. The zero-order valence-electron chi connectivity index (χ0n) is 11.4. The SMILES string of the molecule is O=C(OCC(=O)N1CCOCC1)c1n[nH]c2ccccc12. The van der Waals surface area contributed by atoms with E-state index in [0.29, 0.717) is 31.7 Å². The molecule has 1 aliphatic rings. The highest BCUT2D eigenvalue weighted by Crippen LogP contribution is 2.15. The molecule has 1 aliphatic heterocycles. The predicted octanol–water partition coefficient (Wildman–Crippen LogP) is 0.578. The maximum atomic E-state index is 12.0. The Morgan fingerprint density at radius 3 is 2.86 bits per heavy atom. The minimum atomic E-state index is -0.603. The second-order valence-electron chi connectivity index (χ2n) is 4.69. The van der Waals surface area contributed by atoms with Gasteiger partial charge >= 0.3 is 5.97 Å². The Labute approximate surface area is 120 Å². The number of rotatable bonds is 3. The Morgan fingerprint density at radius 2 is 2.05 bits per heavy atom. The number of benzene rings is 1. The Morgan fingerprint density at radius 1 is 1.29 bits per heavy atom. The first kappa shape index (κ1) is 13.6. The van der Waals surface area contributed by atoms with E-state index < -0.39 is 5.97 Å². The standard InChI is InChI=1S/C14H15N3O4/c18-12(17-5-7-20-8-6-17)9-21-14(19)13-10-3-1-2-4-11(10)15-16-13/h1-4H,5-9H2,(H,15,16). The van der Waals surface area contributed by atoms with Crippen molar-refractivity contribution in [3.8, 4) is 0 Å². The van der Waals surface area contributed by atoms with E-state index in [1.807, 2.05) is 18.2 Å². The van der Waals surface area contributed by atoms with E-state index in [9.17, 15) is 9.59 Å². The second kappa shape index (κ2) is 5.92. The maximum Gasteiger partial charge on any atom is 0.359 e. The van der Waals surface area contributed by atoms with Crippen LogP contribution in [0.15, 0.2) is 24.3 Å². The lowest BCUT2D eigenvalue weighted by atomic mass is 10.2. The van der Waals surface area contributed by atoms with Crippen LogP contribution in [0.2, 0.25) is 0 Å². The lowest BCUT2D eigenvalue weighted by Gasteiger charge is -2.26. The van der Waals surface area contributed by atoms with Crippen molar-refractivity contribution in [2.75, 3.05) is 32.9 Å². The van der Waals surface area contributed by atoms with Crippen LogP contribution in [0, 0.1) is 0 Å². The number of nitrogens with one attached hydrogen (secondary N) is 1. The third-order valence-electron chi connectivity index (χ3n) is 3.35. The summed E-state index contributed by atoms with van der Waals surface area (Å²) in [5.41, 5.74) is 0.948. The van der Waals surface area contributed by atoms with Crippen LogP contribution in [0.25, 0.3) is 10.9 Å². The fraction of sp³-hybridized carbons (Fsp3) is 0.357. The lowest BCUT2D eigenvalue weighted by Crippen LogP contribution is -2.42. The van der Waals surface area contributed by atoms with Gasteiger partial charge in [-0.15, -0.1) is 0 Å². The number of carbonyl (C=O) groups is 2. The van der Waals surface area contributed by atoms with E-state index in [-0.39, 0.29) is 18.2 Å². The Hall–Kier alpha value is -2.41. The number of ether oxygens (including phenoxy) is 2. The van der Waals surface area contributed by atoms with Crippen molar-refractivity contribution in [1.29, 1.82) is 0 Å². The number of hydrogen-bond acceptors (Lipinski definition) is 5. The Balaban J connectivity index is 1.62. The van der Waals surface area contributed by atoms with Crippen LogP contribution in [0.3, 0.4) is 0 Å². The average Bonchev–Trinajstić information content (AvgIpc) is 2.97. The largest absolute Gasteiger partial charge is 0.451 e. The normalized spacial score (nSPS) is 15.1. The number of esters is 1. The molecule has 1 aromatic carbocycles. The van der Waals surface area contributed by atoms with Crippen molar-refractivity contribution in [2.24, 2.45) is 0 Å². The summed E-state index contributed by atoms with van der Waals surface area (Å²) in [5.74, 6) is -0.819. The topological polar surface area (TPSA) is 84.5 Å². The number of carbonyl (C=O) groups excluding carboxylic acids is 2. The summed E-state index contributed by atoms with van der Waals surface area (Å²) in [5, 5.41) is 7.38. The highest BCUT2D eigenvalue weighted by atomic mass is 16.5. The smallest absolute Gasteiger partial charge is 0.359 e. The summed E-state index contributed by atoms with van der Waals surface area (Å²) in [6.07, 6.45) is 0. The molecule has 21 heavy (non-hydrogen) atoms. The zero-order chi connectivity index (χ0) is 14.7. The highest BCUT2D eigenvalue weighted by molar-refractivity contribution is 6.02. The molecule has 2 aromatic rings. The number of aromatic amines is 1.